The van der Waals surface area contributed by atoms with Gasteiger partial charge in [-0.05, 0) is 5.04 Å². The van der Waals surface area contributed by atoms with Crippen molar-refractivity contribution in [2.24, 2.45) is 0 Å². The van der Waals surface area contributed by atoms with E-state index in [1.807, 2.05) is 0 Å². The molecule has 1 aliphatic rings. The van der Waals surface area contributed by atoms with Gasteiger partial charge in [0.15, 0.2) is 8.24 Å². The second-order valence-electron chi connectivity index (χ2n) is 5.11. The molecule has 0 atom stereocenters. The quantitative estimate of drug-likeness (QED) is 0.629. The molecular weight excluding hydrogens is 198 g/mol. The molecule has 0 N–H and O–H groups in total. The number of nitrogens with zero attached hydrogens (tertiary/aromatic N) is 1. The normalized spacial score (nSPS) is 19.8. The van der Waals surface area contributed by atoms with Crippen LogP contribution in [0.5, 0.6) is 0 Å². The summed E-state index contributed by atoms with van der Waals surface area (Å²) in [5, 5.41) is 0.271. The summed E-state index contributed by atoms with van der Waals surface area (Å²) in [6, 6.07) is 0. The molecule has 0 radical (unpaired) electrons. The molecule has 0 spiro atoms. The molecular formula is C9H19NOSSi. The molecule has 4 heteroatoms. The maximum absolute atomic E-state index is 11.6. The van der Waals surface area contributed by atoms with Crippen LogP contribution in [0.4, 0.5) is 0 Å². The summed E-state index contributed by atoms with van der Waals surface area (Å²) in [6.07, 6.45) is 0. The Hall–Kier alpha value is 0.0369. The third kappa shape index (κ3) is 1.93. The zero-order valence-corrected chi connectivity index (χ0v) is 11.0. The first kappa shape index (κ1) is 11.1. The third-order valence-corrected chi connectivity index (χ3v) is 9.81. The van der Waals surface area contributed by atoms with E-state index < -0.39 is 8.24 Å². The fraction of sp³-hybridized carbons (Fsp3) is 0.889. The Labute approximate surface area is 86.2 Å². The summed E-state index contributed by atoms with van der Waals surface area (Å²) < 4.78 is 2.14. The number of rotatable bonds is 1. The minimum Gasteiger partial charge on any atom is -0.360 e. The van der Waals surface area contributed by atoms with Crippen LogP contribution in [0.2, 0.25) is 18.1 Å². The lowest BCUT2D eigenvalue weighted by molar-refractivity contribution is -0.123. The summed E-state index contributed by atoms with van der Waals surface area (Å²) in [6.45, 7) is 11.3. The molecule has 1 amide bonds. The average Bonchev–Trinajstić information content (AvgIpc) is 2.32. The third-order valence-electron chi connectivity index (χ3n) is 3.26. The van der Waals surface area contributed by atoms with Crippen molar-refractivity contribution in [2.75, 3.05) is 11.6 Å². The topological polar surface area (TPSA) is 20.3 Å². The van der Waals surface area contributed by atoms with Crippen LogP contribution in [0.25, 0.3) is 0 Å². The van der Waals surface area contributed by atoms with E-state index in [0.29, 0.717) is 11.7 Å². The molecule has 0 aromatic rings. The fourth-order valence-corrected chi connectivity index (χ4v) is 5.19. The molecule has 1 heterocycles. The number of hydrogen-bond acceptors (Lipinski definition) is 2. The van der Waals surface area contributed by atoms with Crippen molar-refractivity contribution >= 4 is 25.9 Å². The van der Waals surface area contributed by atoms with Gasteiger partial charge < -0.3 is 4.57 Å². The highest BCUT2D eigenvalue weighted by atomic mass is 32.2. The van der Waals surface area contributed by atoms with Gasteiger partial charge in [-0.2, -0.15) is 0 Å². The Bertz CT molecular complexity index is 222. The molecule has 76 valence electrons. The summed E-state index contributed by atoms with van der Waals surface area (Å²) in [7, 11) is -1.57. The smallest absolute Gasteiger partial charge is 0.225 e. The lowest BCUT2D eigenvalue weighted by Crippen LogP contribution is -2.55. The molecule has 0 aliphatic carbocycles. The summed E-state index contributed by atoms with van der Waals surface area (Å²) >= 11 is 1.74. The van der Waals surface area contributed by atoms with Gasteiger partial charge in [-0.3, -0.25) is 4.79 Å². The van der Waals surface area contributed by atoms with Crippen molar-refractivity contribution in [1.82, 2.24) is 4.57 Å². The number of thioether (sulfide) groups is 1. The number of hydrogen-bond donors (Lipinski definition) is 0. The van der Waals surface area contributed by atoms with E-state index >= 15 is 0 Å². The Morgan fingerprint density at radius 1 is 1.38 bits per heavy atom. The first-order chi connectivity index (χ1) is 5.77. The van der Waals surface area contributed by atoms with E-state index in [-0.39, 0.29) is 5.04 Å². The lowest BCUT2D eigenvalue weighted by Gasteiger charge is -2.43. The standard InChI is InChI=1S/C9H19NOSSi/c1-9(2,3)13(4,5)10-7-12-6-8(10)11/h6-7H2,1-5H3. The number of amides is 1. The molecule has 0 saturated carbocycles. The average molecular weight is 217 g/mol. The largest absolute Gasteiger partial charge is 0.360 e. The van der Waals surface area contributed by atoms with Gasteiger partial charge in [0.25, 0.3) is 0 Å². The minimum absolute atomic E-state index is 0.271. The summed E-state index contributed by atoms with van der Waals surface area (Å²) in [5.41, 5.74) is 0. The van der Waals surface area contributed by atoms with E-state index in [1.54, 1.807) is 11.8 Å². The van der Waals surface area contributed by atoms with Crippen molar-refractivity contribution in [2.45, 2.75) is 38.9 Å². The van der Waals surface area contributed by atoms with Crippen LogP contribution >= 0.6 is 11.8 Å². The molecule has 1 saturated heterocycles. The number of carbonyl (C=O) groups is 1. The zero-order valence-electron chi connectivity index (χ0n) is 9.18. The van der Waals surface area contributed by atoms with Gasteiger partial charge in [-0.15, -0.1) is 11.8 Å². The van der Waals surface area contributed by atoms with E-state index in [1.165, 1.54) is 0 Å². The first-order valence-electron chi connectivity index (χ1n) is 4.65. The van der Waals surface area contributed by atoms with Crippen molar-refractivity contribution in [3.05, 3.63) is 0 Å². The van der Waals surface area contributed by atoms with Crippen LogP contribution in [0, 0.1) is 0 Å². The number of carbonyl (C=O) groups excluding carboxylic acids is 1. The van der Waals surface area contributed by atoms with Gasteiger partial charge in [0.2, 0.25) is 5.91 Å². The van der Waals surface area contributed by atoms with Crippen LogP contribution in [-0.4, -0.2) is 30.3 Å². The van der Waals surface area contributed by atoms with E-state index in [4.69, 9.17) is 0 Å². The first-order valence-corrected chi connectivity index (χ1v) is 8.75. The molecule has 0 aromatic heterocycles. The summed E-state index contributed by atoms with van der Waals surface area (Å²) in [5.74, 6) is 1.94. The van der Waals surface area contributed by atoms with Gasteiger partial charge >= 0.3 is 0 Å². The van der Waals surface area contributed by atoms with Crippen molar-refractivity contribution in [3.63, 3.8) is 0 Å². The Morgan fingerprint density at radius 2 is 1.92 bits per heavy atom. The van der Waals surface area contributed by atoms with E-state index in [9.17, 15) is 4.79 Å². The summed E-state index contributed by atoms with van der Waals surface area (Å²) in [4.78, 5) is 11.6. The SMILES string of the molecule is CC(C)(C)[Si](C)(C)N1CSCC1=O. The maximum Gasteiger partial charge on any atom is 0.225 e. The van der Waals surface area contributed by atoms with Crippen molar-refractivity contribution < 1.29 is 4.79 Å². The maximum atomic E-state index is 11.6. The van der Waals surface area contributed by atoms with Crippen LogP contribution in [0.15, 0.2) is 0 Å². The Kier molecular flexibility index (Phi) is 2.83. The fourth-order valence-electron chi connectivity index (χ4n) is 1.25. The van der Waals surface area contributed by atoms with E-state index in [0.717, 1.165) is 5.88 Å². The second-order valence-corrected chi connectivity index (χ2v) is 11.2. The van der Waals surface area contributed by atoms with E-state index in [2.05, 4.69) is 38.4 Å². The second kappa shape index (κ2) is 3.31. The molecule has 0 unspecified atom stereocenters. The molecule has 13 heavy (non-hydrogen) atoms. The molecule has 0 bridgehead atoms. The van der Waals surface area contributed by atoms with Gasteiger partial charge in [0.05, 0.1) is 11.6 Å². The zero-order chi connectivity index (χ0) is 10.3. The Morgan fingerprint density at radius 3 is 2.23 bits per heavy atom. The van der Waals surface area contributed by atoms with Gasteiger partial charge in [0, 0.05) is 0 Å². The van der Waals surface area contributed by atoms with Crippen LogP contribution in [-0.2, 0) is 4.79 Å². The molecule has 1 rings (SSSR count). The lowest BCUT2D eigenvalue weighted by atomic mass is 10.2. The predicted octanol–water partition coefficient (Wildman–Crippen LogP) is 2.52. The highest BCUT2D eigenvalue weighted by molar-refractivity contribution is 8.00. The van der Waals surface area contributed by atoms with Crippen molar-refractivity contribution in [1.29, 1.82) is 0 Å². The van der Waals surface area contributed by atoms with Gasteiger partial charge in [-0.25, -0.2) is 0 Å². The highest BCUT2D eigenvalue weighted by Crippen LogP contribution is 2.40. The molecule has 1 fully saturated rings. The molecule has 0 aromatic carbocycles. The monoisotopic (exact) mass is 217 g/mol. The highest BCUT2D eigenvalue weighted by Gasteiger charge is 2.45. The van der Waals surface area contributed by atoms with Crippen molar-refractivity contribution in [3.8, 4) is 0 Å². The molecule has 2 nitrogen and oxygen atoms in total. The Balaban J connectivity index is 2.86. The van der Waals surface area contributed by atoms with Crippen LogP contribution < -0.4 is 0 Å². The minimum atomic E-state index is -1.57. The molecule has 1 aliphatic heterocycles. The van der Waals surface area contributed by atoms with Gasteiger partial charge in [-0.1, -0.05) is 33.9 Å². The van der Waals surface area contributed by atoms with Crippen LogP contribution in [0.3, 0.4) is 0 Å². The predicted molar refractivity (Wildman–Crippen MR) is 61.4 cm³/mol. The van der Waals surface area contributed by atoms with Crippen LogP contribution in [0.1, 0.15) is 20.8 Å². The van der Waals surface area contributed by atoms with Gasteiger partial charge in [0.1, 0.15) is 0 Å².